The van der Waals surface area contributed by atoms with Gasteiger partial charge in [0.2, 0.25) is 0 Å². The SMILES string of the molecule is NNc1cc(C(=O)N2CCCC2CCCO)cc(Cl)n1. The summed E-state index contributed by atoms with van der Waals surface area (Å²) in [4.78, 5) is 18.4. The number of aromatic nitrogens is 1. The third kappa shape index (κ3) is 3.39. The Morgan fingerprint density at radius 2 is 2.40 bits per heavy atom. The van der Waals surface area contributed by atoms with Crippen LogP contribution in [0.3, 0.4) is 0 Å². The summed E-state index contributed by atoms with van der Waals surface area (Å²) in [5, 5.41) is 9.15. The normalized spacial score (nSPS) is 18.4. The topological polar surface area (TPSA) is 91.5 Å². The van der Waals surface area contributed by atoms with Crippen molar-refractivity contribution in [1.29, 1.82) is 0 Å². The van der Waals surface area contributed by atoms with Gasteiger partial charge in [0.1, 0.15) is 11.0 Å². The van der Waals surface area contributed by atoms with Crippen LogP contribution in [0.25, 0.3) is 0 Å². The van der Waals surface area contributed by atoms with Crippen LogP contribution in [0.4, 0.5) is 5.82 Å². The Balaban J connectivity index is 2.15. The van der Waals surface area contributed by atoms with Crippen LogP contribution in [0.15, 0.2) is 12.1 Å². The maximum Gasteiger partial charge on any atom is 0.254 e. The van der Waals surface area contributed by atoms with E-state index in [0.717, 1.165) is 25.8 Å². The van der Waals surface area contributed by atoms with Crippen molar-refractivity contribution in [2.75, 3.05) is 18.6 Å². The second-order valence-electron chi connectivity index (χ2n) is 4.87. The van der Waals surface area contributed by atoms with Crippen LogP contribution >= 0.6 is 11.6 Å². The van der Waals surface area contributed by atoms with Gasteiger partial charge in [0.05, 0.1) is 0 Å². The summed E-state index contributed by atoms with van der Waals surface area (Å²) in [5.74, 6) is 5.61. The molecule has 0 radical (unpaired) electrons. The largest absolute Gasteiger partial charge is 0.396 e. The van der Waals surface area contributed by atoms with E-state index in [1.807, 2.05) is 4.90 Å². The second-order valence-corrected chi connectivity index (χ2v) is 5.26. The number of halogens is 1. The van der Waals surface area contributed by atoms with Gasteiger partial charge in [0, 0.05) is 24.8 Å². The predicted octanol–water partition coefficient (Wildman–Crippen LogP) is 1.40. The summed E-state index contributed by atoms with van der Waals surface area (Å²) in [6.07, 6.45) is 3.50. The number of nitrogens with one attached hydrogen (secondary N) is 1. The molecule has 6 nitrogen and oxygen atoms in total. The highest BCUT2D eigenvalue weighted by molar-refractivity contribution is 6.29. The molecule has 1 aromatic rings. The molecule has 1 saturated heterocycles. The number of amides is 1. The van der Waals surface area contributed by atoms with E-state index in [1.165, 1.54) is 0 Å². The molecule has 110 valence electrons. The number of anilines is 1. The van der Waals surface area contributed by atoms with Crippen molar-refractivity contribution in [2.45, 2.75) is 31.7 Å². The summed E-state index contributed by atoms with van der Waals surface area (Å²) in [6.45, 7) is 0.890. The third-order valence-corrected chi connectivity index (χ3v) is 3.72. The number of hydrogen-bond donors (Lipinski definition) is 3. The number of hydrogen-bond acceptors (Lipinski definition) is 5. The van der Waals surface area contributed by atoms with E-state index < -0.39 is 0 Å². The molecule has 1 unspecified atom stereocenters. The first kappa shape index (κ1) is 15.0. The van der Waals surface area contributed by atoms with Crippen LogP contribution in [-0.2, 0) is 0 Å². The number of nitrogen functional groups attached to an aromatic ring is 1. The van der Waals surface area contributed by atoms with E-state index in [9.17, 15) is 4.79 Å². The zero-order chi connectivity index (χ0) is 14.5. The summed E-state index contributed by atoms with van der Waals surface area (Å²) in [6, 6.07) is 3.33. The van der Waals surface area contributed by atoms with E-state index in [4.69, 9.17) is 22.6 Å². The molecule has 20 heavy (non-hydrogen) atoms. The summed E-state index contributed by atoms with van der Waals surface area (Å²) < 4.78 is 0. The molecular weight excluding hydrogens is 280 g/mol. The Hall–Kier alpha value is -1.37. The van der Waals surface area contributed by atoms with Gasteiger partial charge in [0.25, 0.3) is 5.91 Å². The lowest BCUT2D eigenvalue weighted by molar-refractivity contribution is 0.0724. The fourth-order valence-corrected chi connectivity index (χ4v) is 2.80. The maximum atomic E-state index is 12.5. The summed E-state index contributed by atoms with van der Waals surface area (Å²) in [7, 11) is 0. The van der Waals surface area contributed by atoms with E-state index in [1.54, 1.807) is 12.1 Å². The van der Waals surface area contributed by atoms with Crippen LogP contribution < -0.4 is 11.3 Å². The lowest BCUT2D eigenvalue weighted by Crippen LogP contribution is -2.35. The molecule has 1 aliphatic rings. The highest BCUT2D eigenvalue weighted by Gasteiger charge is 2.29. The van der Waals surface area contributed by atoms with E-state index >= 15 is 0 Å². The van der Waals surface area contributed by atoms with E-state index in [0.29, 0.717) is 17.8 Å². The van der Waals surface area contributed by atoms with Gasteiger partial charge in [-0.25, -0.2) is 10.8 Å². The minimum atomic E-state index is -0.0637. The molecule has 0 spiro atoms. The molecular formula is C13H19ClN4O2. The number of carbonyl (C=O) groups is 1. The monoisotopic (exact) mass is 298 g/mol. The highest BCUT2D eigenvalue weighted by atomic mass is 35.5. The Kier molecular flexibility index (Phi) is 5.17. The van der Waals surface area contributed by atoms with Crippen molar-refractivity contribution in [2.24, 2.45) is 5.84 Å². The van der Waals surface area contributed by atoms with Gasteiger partial charge in [0.15, 0.2) is 0 Å². The minimum absolute atomic E-state index is 0.0637. The fraction of sp³-hybridized carbons (Fsp3) is 0.538. The number of pyridine rings is 1. The number of nitrogens with two attached hydrogens (primary N) is 1. The molecule has 0 saturated carbocycles. The molecule has 2 rings (SSSR count). The number of carbonyl (C=O) groups excluding carboxylic acids is 1. The van der Waals surface area contributed by atoms with Crippen LogP contribution in [0.5, 0.6) is 0 Å². The average Bonchev–Trinajstić information content (AvgIpc) is 2.91. The molecule has 2 heterocycles. The van der Waals surface area contributed by atoms with Crippen molar-refractivity contribution in [3.05, 3.63) is 22.8 Å². The predicted molar refractivity (Wildman–Crippen MR) is 77.4 cm³/mol. The van der Waals surface area contributed by atoms with E-state index in [-0.39, 0.29) is 23.7 Å². The van der Waals surface area contributed by atoms with Crippen LogP contribution in [0, 0.1) is 0 Å². The van der Waals surface area contributed by atoms with Crippen molar-refractivity contribution in [3.63, 3.8) is 0 Å². The van der Waals surface area contributed by atoms with Crippen molar-refractivity contribution in [1.82, 2.24) is 9.88 Å². The lowest BCUT2D eigenvalue weighted by Gasteiger charge is -2.24. The Morgan fingerprint density at radius 1 is 1.60 bits per heavy atom. The Labute approximate surface area is 122 Å². The third-order valence-electron chi connectivity index (χ3n) is 3.52. The first-order valence-electron chi connectivity index (χ1n) is 6.71. The van der Waals surface area contributed by atoms with E-state index in [2.05, 4.69) is 10.4 Å². The molecule has 1 fully saturated rings. The quantitative estimate of drug-likeness (QED) is 0.434. The molecule has 4 N–H and O–H groups in total. The number of rotatable bonds is 5. The van der Waals surface area contributed by atoms with Gasteiger partial charge in [-0.2, -0.15) is 0 Å². The molecule has 1 aromatic heterocycles. The zero-order valence-electron chi connectivity index (χ0n) is 11.2. The highest BCUT2D eigenvalue weighted by Crippen LogP contribution is 2.25. The molecule has 0 aromatic carbocycles. The smallest absolute Gasteiger partial charge is 0.254 e. The first-order valence-corrected chi connectivity index (χ1v) is 7.09. The number of likely N-dealkylation sites (tertiary alicyclic amines) is 1. The Morgan fingerprint density at radius 3 is 3.10 bits per heavy atom. The van der Waals surface area contributed by atoms with Gasteiger partial charge in [-0.15, -0.1) is 0 Å². The average molecular weight is 299 g/mol. The van der Waals surface area contributed by atoms with Gasteiger partial charge in [-0.05, 0) is 37.8 Å². The molecule has 1 amide bonds. The molecule has 1 atom stereocenters. The van der Waals surface area contributed by atoms with Crippen molar-refractivity contribution >= 4 is 23.3 Å². The second kappa shape index (κ2) is 6.88. The summed E-state index contributed by atoms with van der Waals surface area (Å²) in [5.41, 5.74) is 2.88. The first-order chi connectivity index (χ1) is 9.65. The lowest BCUT2D eigenvalue weighted by atomic mass is 10.1. The van der Waals surface area contributed by atoms with Gasteiger partial charge < -0.3 is 15.4 Å². The summed E-state index contributed by atoms with van der Waals surface area (Å²) >= 11 is 5.89. The number of nitrogens with zero attached hydrogens (tertiary/aromatic N) is 2. The molecule has 0 bridgehead atoms. The zero-order valence-corrected chi connectivity index (χ0v) is 11.9. The fourth-order valence-electron chi connectivity index (χ4n) is 2.59. The molecule has 7 heteroatoms. The van der Waals surface area contributed by atoms with Crippen LogP contribution in [-0.4, -0.2) is 40.1 Å². The number of aliphatic hydroxyl groups excluding tert-OH is 1. The standard InChI is InChI=1S/C13H19ClN4O2/c14-11-7-9(8-12(16-11)17-15)13(20)18-5-1-3-10(18)4-2-6-19/h7-8,10,19H,1-6,15H2,(H,16,17). The van der Waals surface area contributed by atoms with Gasteiger partial charge in [-0.1, -0.05) is 11.6 Å². The van der Waals surface area contributed by atoms with Crippen molar-refractivity contribution < 1.29 is 9.90 Å². The number of hydrazine groups is 1. The maximum absolute atomic E-state index is 12.5. The number of aliphatic hydroxyl groups is 1. The minimum Gasteiger partial charge on any atom is -0.396 e. The van der Waals surface area contributed by atoms with Crippen molar-refractivity contribution in [3.8, 4) is 0 Å². The molecule has 0 aliphatic carbocycles. The van der Waals surface area contributed by atoms with Gasteiger partial charge >= 0.3 is 0 Å². The molecule has 1 aliphatic heterocycles. The Bertz CT molecular complexity index is 483. The van der Waals surface area contributed by atoms with Gasteiger partial charge in [-0.3, -0.25) is 4.79 Å². The van der Waals surface area contributed by atoms with Crippen LogP contribution in [0.1, 0.15) is 36.0 Å². The van der Waals surface area contributed by atoms with Crippen LogP contribution in [0.2, 0.25) is 5.15 Å².